The van der Waals surface area contributed by atoms with Crippen LogP contribution in [0.3, 0.4) is 0 Å². The van der Waals surface area contributed by atoms with Crippen LogP contribution in [0.2, 0.25) is 0 Å². The Morgan fingerprint density at radius 2 is 1.19 bits per heavy atom. The molecule has 0 aromatic carbocycles. The predicted molar refractivity (Wildman–Crippen MR) is 87.3 cm³/mol. The van der Waals surface area contributed by atoms with E-state index in [0.717, 1.165) is 51.4 Å². The van der Waals surface area contributed by atoms with Crippen LogP contribution in [0.25, 0.3) is 0 Å². The third-order valence-corrected chi connectivity index (χ3v) is 4.36. The average molecular weight is 412 g/mol. The van der Waals surface area contributed by atoms with Crippen molar-refractivity contribution in [2.45, 2.75) is 78.1 Å². The number of hydrogen-bond donors (Lipinski definition) is 0. The maximum atomic E-state index is 11.4. The van der Waals surface area contributed by atoms with E-state index in [-0.39, 0.29) is 64.9 Å². The molecular weight excluding hydrogens is 382 g/mol. The first kappa shape index (κ1) is 34.4. The van der Waals surface area contributed by atoms with Crippen LogP contribution in [-0.4, -0.2) is 32.7 Å². The molecule has 0 amide bonds. The number of carbonyl (C=O) groups excluding carboxylic acids is 2. The summed E-state index contributed by atoms with van der Waals surface area (Å²) in [5.41, 5.74) is 0. The van der Waals surface area contributed by atoms with E-state index in [9.17, 15) is 28.2 Å². The molecule has 0 fully saturated rings. The number of unbranched alkanes of at least 4 members (excludes halogenated alkanes) is 6. The van der Waals surface area contributed by atoms with Crippen LogP contribution in [-0.2, 0) is 23.9 Å². The van der Waals surface area contributed by atoms with Crippen LogP contribution >= 0.6 is 0 Å². The zero-order chi connectivity index (χ0) is 18.8. The number of carbonyl (C=O) groups is 2. The Morgan fingerprint density at radius 3 is 1.58 bits per heavy atom. The molecule has 0 saturated heterocycles. The minimum Gasteiger partial charge on any atom is -0.550 e. The average Bonchev–Trinajstić information content (AvgIpc) is 2.50. The summed E-state index contributed by atoms with van der Waals surface area (Å²) in [5, 5.41) is 19.0. The van der Waals surface area contributed by atoms with Gasteiger partial charge in [-0.15, -0.1) is 0 Å². The number of hydrogen-bond acceptors (Lipinski definition) is 7. The maximum Gasteiger partial charge on any atom is 1.00 e. The molecular formula is C16H30Na2O7S. The summed E-state index contributed by atoms with van der Waals surface area (Å²) in [6.45, 7) is 4.60. The van der Waals surface area contributed by atoms with Crippen molar-refractivity contribution in [1.82, 2.24) is 0 Å². The van der Waals surface area contributed by atoms with Crippen LogP contribution in [0.1, 0.15) is 78.1 Å². The van der Waals surface area contributed by atoms with Crippen molar-refractivity contribution in [3.63, 3.8) is 0 Å². The molecule has 0 saturated carbocycles. The van der Waals surface area contributed by atoms with E-state index in [1.807, 2.05) is 0 Å². The Bertz CT molecular complexity index is 414. The summed E-state index contributed by atoms with van der Waals surface area (Å²) < 4.78 is 27.7. The SMILES string of the molecule is CCCCCCOS(=O)(=O)CCCCCC.O=C([O-])CCC(=O)[O-].[Na+].[Na+]. The minimum absolute atomic E-state index is 0. The fraction of sp³-hybridized carbons (Fsp3) is 0.875. The quantitative estimate of drug-likeness (QED) is 0.159. The molecule has 0 aromatic rings. The Labute approximate surface area is 202 Å². The van der Waals surface area contributed by atoms with Crippen LogP contribution in [0.5, 0.6) is 0 Å². The standard InChI is InChI=1S/C12H26O3S.C4H6O4.2Na/c1-3-5-7-9-11-15-16(13,14)12-10-8-6-4-2;5-3(6)1-2-4(7)8;;/h3-12H2,1-2H3;1-2H2,(H,5,6)(H,7,8);;/q;;2*+1/p-2. The molecule has 0 aliphatic carbocycles. The molecule has 0 aromatic heterocycles. The molecule has 0 bridgehead atoms. The van der Waals surface area contributed by atoms with E-state index in [0.29, 0.717) is 6.61 Å². The maximum absolute atomic E-state index is 11.4. The number of carboxylic acid groups (broad SMARTS) is 2. The number of rotatable bonds is 14. The van der Waals surface area contributed by atoms with Crippen LogP contribution in [0, 0.1) is 0 Å². The number of carboxylic acids is 2. The first-order valence-electron chi connectivity index (χ1n) is 8.52. The molecule has 0 rings (SSSR count). The first-order chi connectivity index (χ1) is 11.2. The molecule has 0 radical (unpaired) electrons. The van der Waals surface area contributed by atoms with Crippen molar-refractivity contribution in [2.24, 2.45) is 0 Å². The van der Waals surface area contributed by atoms with Crippen molar-refractivity contribution >= 4 is 22.1 Å². The van der Waals surface area contributed by atoms with Crippen molar-refractivity contribution in [1.29, 1.82) is 0 Å². The van der Waals surface area contributed by atoms with Crippen molar-refractivity contribution in [2.75, 3.05) is 12.4 Å². The van der Waals surface area contributed by atoms with Crippen LogP contribution in [0.15, 0.2) is 0 Å². The summed E-state index contributed by atoms with van der Waals surface area (Å²) in [4.78, 5) is 19.0. The summed E-state index contributed by atoms with van der Waals surface area (Å²) in [6, 6.07) is 0. The molecule has 26 heavy (non-hydrogen) atoms. The van der Waals surface area contributed by atoms with Gasteiger partial charge in [-0.25, -0.2) is 0 Å². The van der Waals surface area contributed by atoms with Gasteiger partial charge in [0.25, 0.3) is 10.1 Å². The third-order valence-electron chi connectivity index (χ3n) is 3.04. The van der Waals surface area contributed by atoms with Crippen LogP contribution in [0.4, 0.5) is 0 Å². The topological polar surface area (TPSA) is 124 Å². The van der Waals surface area contributed by atoms with E-state index < -0.39 is 34.9 Å². The first-order valence-corrected chi connectivity index (χ1v) is 10.1. The van der Waals surface area contributed by atoms with Gasteiger partial charge in [0.1, 0.15) is 0 Å². The Morgan fingerprint density at radius 1 is 0.769 bits per heavy atom. The summed E-state index contributed by atoms with van der Waals surface area (Å²) in [6.07, 6.45) is 7.21. The second kappa shape index (κ2) is 23.9. The van der Waals surface area contributed by atoms with E-state index in [1.165, 1.54) is 0 Å². The van der Waals surface area contributed by atoms with Gasteiger partial charge in [0.2, 0.25) is 0 Å². The van der Waals surface area contributed by atoms with Gasteiger partial charge in [-0.2, -0.15) is 8.42 Å². The molecule has 0 spiro atoms. The van der Waals surface area contributed by atoms with E-state index in [1.54, 1.807) is 0 Å². The molecule has 0 heterocycles. The predicted octanol–water partition coefficient (Wildman–Crippen LogP) is -5.23. The van der Waals surface area contributed by atoms with E-state index in [4.69, 9.17) is 4.18 Å². The largest absolute Gasteiger partial charge is 1.00 e. The summed E-state index contributed by atoms with van der Waals surface area (Å²) in [5.74, 6) is -2.55. The van der Waals surface area contributed by atoms with Gasteiger partial charge < -0.3 is 19.8 Å². The Balaban J connectivity index is -0.000000208. The molecule has 0 unspecified atom stereocenters. The van der Waals surface area contributed by atoms with Gasteiger partial charge in [-0.05, 0) is 25.7 Å². The van der Waals surface area contributed by atoms with Gasteiger partial charge in [-0.1, -0.05) is 52.4 Å². The molecule has 0 atom stereocenters. The second-order valence-corrected chi connectivity index (χ2v) is 7.21. The summed E-state index contributed by atoms with van der Waals surface area (Å²) in [7, 11) is -3.25. The smallest absolute Gasteiger partial charge is 0.550 e. The molecule has 0 aliphatic heterocycles. The van der Waals surface area contributed by atoms with Gasteiger partial charge >= 0.3 is 59.1 Å². The van der Waals surface area contributed by atoms with Crippen molar-refractivity contribution < 1.29 is 91.5 Å². The molecule has 0 aliphatic rings. The Kier molecular flexibility index (Phi) is 31.6. The third kappa shape index (κ3) is 32.5. The Hall–Kier alpha value is 0.850. The number of aliphatic carboxylic acids is 2. The molecule has 144 valence electrons. The van der Waals surface area contributed by atoms with E-state index >= 15 is 0 Å². The molecule has 7 nitrogen and oxygen atoms in total. The normalized spacial score (nSPS) is 9.92. The minimum atomic E-state index is -3.25. The fourth-order valence-electron chi connectivity index (χ4n) is 1.68. The van der Waals surface area contributed by atoms with Gasteiger partial charge in [-0.3, -0.25) is 4.18 Å². The van der Waals surface area contributed by atoms with Crippen molar-refractivity contribution in [3.05, 3.63) is 0 Å². The van der Waals surface area contributed by atoms with Crippen molar-refractivity contribution in [3.8, 4) is 0 Å². The summed E-state index contributed by atoms with van der Waals surface area (Å²) >= 11 is 0. The zero-order valence-corrected chi connectivity index (χ0v) is 21.6. The second-order valence-electron chi connectivity index (χ2n) is 5.45. The zero-order valence-electron chi connectivity index (χ0n) is 16.8. The van der Waals surface area contributed by atoms with E-state index in [2.05, 4.69) is 13.8 Å². The molecule has 10 heteroatoms. The van der Waals surface area contributed by atoms with Gasteiger partial charge in [0, 0.05) is 11.9 Å². The fourth-order valence-corrected chi connectivity index (χ4v) is 2.73. The van der Waals surface area contributed by atoms with Gasteiger partial charge in [0.05, 0.1) is 12.4 Å². The molecule has 0 N–H and O–H groups in total. The van der Waals surface area contributed by atoms with Gasteiger partial charge in [0.15, 0.2) is 0 Å². The monoisotopic (exact) mass is 412 g/mol. The van der Waals surface area contributed by atoms with Crippen LogP contribution < -0.4 is 69.3 Å².